The second-order valence-electron chi connectivity index (χ2n) is 12.5. The summed E-state index contributed by atoms with van der Waals surface area (Å²) in [6.07, 6.45) is 0. The fourth-order valence-corrected chi connectivity index (χ4v) is 10.5. The van der Waals surface area contributed by atoms with E-state index in [0.29, 0.717) is 32.8 Å². The Balaban J connectivity index is 0.000000917. The maximum Gasteiger partial charge on any atom is 0.425 e. The molecule has 0 aliphatic carbocycles. The van der Waals surface area contributed by atoms with Crippen LogP contribution in [0, 0.1) is 0 Å². The summed E-state index contributed by atoms with van der Waals surface area (Å²) in [7, 11) is -10.4. The van der Waals surface area contributed by atoms with E-state index in [1.807, 2.05) is 59.3 Å². The monoisotopic (exact) mass is 1040 g/mol. The number of thioether (sulfide) groups is 1. The standard InChI is InChI=1S/C35H37N13O3S6.2O3S/c1-5-47(6-2)21-9-11-25(41-43-29-23-13-15-52-31(23)45-55-29)27(19-21)36-33-38-34(40-35(39-33)54-17-18-57(49,50)51)37-28-20-22(48(7-3)8-4)10-12-26(28)42-44-30-24-14-16-53-32(24)46-56-30;2*1-4(2)3/h9-16,19-20H,5-8,17-18H2,1-4H3,(H,49,50,51)(H2,36,37,38,39,40);;. The Morgan fingerprint density at radius 2 is 1.06 bits per heavy atom. The van der Waals surface area contributed by atoms with E-state index in [1.165, 1.54) is 23.1 Å². The van der Waals surface area contributed by atoms with Crippen LogP contribution in [-0.2, 0) is 31.3 Å². The molecule has 0 unspecified atom stereocenters. The molecular weight excluding hydrogens is 1000 g/mol. The molecule has 7 rings (SSSR count). The molecule has 0 aliphatic heterocycles. The maximum absolute atomic E-state index is 11.6. The lowest BCUT2D eigenvalue weighted by molar-refractivity contribution is 0.485. The summed E-state index contributed by atoms with van der Waals surface area (Å²) in [6.45, 7) is 11.5. The molecule has 2 aromatic carbocycles. The summed E-state index contributed by atoms with van der Waals surface area (Å²) >= 11 is 6.73. The lowest BCUT2D eigenvalue weighted by Gasteiger charge is -2.22. The molecule has 65 heavy (non-hydrogen) atoms. The van der Waals surface area contributed by atoms with Gasteiger partial charge in [0, 0.05) is 43.3 Å². The minimum Gasteiger partial charge on any atom is -0.372 e. The minimum absolute atomic E-state index is 0.00729. The highest BCUT2D eigenvalue weighted by molar-refractivity contribution is 8.00. The van der Waals surface area contributed by atoms with E-state index in [0.717, 1.165) is 69.7 Å². The quantitative estimate of drug-likeness (QED) is 0.0409. The van der Waals surface area contributed by atoms with Crippen molar-refractivity contribution >= 4 is 165 Å². The molecule has 0 saturated heterocycles. The van der Waals surface area contributed by atoms with E-state index in [1.54, 1.807) is 22.7 Å². The third-order valence-corrected chi connectivity index (χ3v) is 13.7. The Labute approximate surface area is 395 Å². The minimum atomic E-state index is -4.21. The third kappa shape index (κ3) is 15.0. The first-order valence-electron chi connectivity index (χ1n) is 18.8. The van der Waals surface area contributed by atoms with E-state index in [4.69, 9.17) is 30.2 Å². The maximum atomic E-state index is 11.6. The van der Waals surface area contributed by atoms with Crippen molar-refractivity contribution in [3.05, 3.63) is 59.3 Å². The fourth-order valence-electron chi connectivity index (χ4n) is 5.69. The Morgan fingerprint density at radius 3 is 1.45 bits per heavy atom. The van der Waals surface area contributed by atoms with Crippen molar-refractivity contribution < 1.29 is 38.2 Å². The van der Waals surface area contributed by atoms with E-state index in [2.05, 4.69) is 87.3 Å². The van der Waals surface area contributed by atoms with Crippen molar-refractivity contribution in [2.45, 2.75) is 32.9 Å². The van der Waals surface area contributed by atoms with Gasteiger partial charge in [-0.25, -0.2) is 0 Å². The molecule has 344 valence electrons. The third-order valence-electron chi connectivity index (χ3n) is 8.58. The van der Waals surface area contributed by atoms with E-state index >= 15 is 0 Å². The Hall–Kier alpha value is -5.47. The van der Waals surface area contributed by atoms with Crippen LogP contribution in [0.2, 0.25) is 0 Å². The molecule has 0 atom stereocenters. The Morgan fingerprint density at radius 1 is 0.646 bits per heavy atom. The van der Waals surface area contributed by atoms with Gasteiger partial charge in [-0.3, -0.25) is 4.55 Å². The molecule has 30 heteroatoms. The molecule has 0 spiro atoms. The van der Waals surface area contributed by atoms with Crippen LogP contribution >= 0.6 is 57.5 Å². The molecule has 0 bridgehead atoms. The zero-order chi connectivity index (χ0) is 47.1. The summed E-state index contributed by atoms with van der Waals surface area (Å²) in [4.78, 5) is 20.3. The van der Waals surface area contributed by atoms with Crippen LogP contribution in [0.25, 0.3) is 20.4 Å². The summed E-state index contributed by atoms with van der Waals surface area (Å²) in [5.74, 6) is -0.139. The average molecular weight is 1040 g/mol. The van der Waals surface area contributed by atoms with Crippen LogP contribution in [0.3, 0.4) is 0 Å². The molecule has 3 N–H and O–H groups in total. The number of thiophene rings is 2. The Kier molecular flexibility index (Phi) is 18.8. The number of azo groups is 2. The fraction of sp³-hybridized carbons (Fsp3) is 0.286. The van der Waals surface area contributed by atoms with Gasteiger partial charge >= 0.3 is 21.2 Å². The Bertz CT molecular complexity index is 2930. The number of rotatable bonds is 18. The zero-order valence-corrected chi connectivity index (χ0v) is 40.9. The van der Waals surface area contributed by atoms with Gasteiger partial charge in [-0.05, 0) is 110 Å². The summed E-state index contributed by atoms with van der Waals surface area (Å²) in [6, 6.07) is 15.6. The summed E-state index contributed by atoms with van der Waals surface area (Å²) < 4.78 is 92.3. The van der Waals surface area contributed by atoms with Gasteiger partial charge in [0.25, 0.3) is 10.1 Å². The average Bonchev–Trinajstić information content (AvgIpc) is 4.06. The molecule has 22 nitrogen and oxygen atoms in total. The molecule has 0 saturated carbocycles. The predicted octanol–water partition coefficient (Wildman–Crippen LogP) is 9.20. The van der Waals surface area contributed by atoms with Crippen LogP contribution in [0.1, 0.15) is 27.7 Å². The van der Waals surface area contributed by atoms with Gasteiger partial charge < -0.3 is 20.4 Å². The zero-order valence-electron chi connectivity index (χ0n) is 34.4. The molecular formula is C35H37N13O9S8. The van der Waals surface area contributed by atoms with Crippen molar-refractivity contribution in [2.75, 3.05) is 58.1 Å². The predicted molar refractivity (Wildman–Crippen MR) is 256 cm³/mol. The van der Waals surface area contributed by atoms with Gasteiger partial charge in [-0.15, -0.1) is 68.4 Å². The van der Waals surface area contributed by atoms with E-state index in [-0.39, 0.29) is 22.8 Å². The van der Waals surface area contributed by atoms with E-state index < -0.39 is 37.1 Å². The summed E-state index contributed by atoms with van der Waals surface area (Å²) in [5, 5.41) is 32.5. The molecule has 5 aromatic heterocycles. The van der Waals surface area contributed by atoms with Crippen molar-refractivity contribution in [1.82, 2.24) is 23.7 Å². The van der Waals surface area contributed by atoms with Crippen molar-refractivity contribution in [3.8, 4) is 0 Å². The molecule has 0 aliphatic rings. The number of aromatic nitrogens is 5. The number of anilines is 6. The first-order valence-corrected chi connectivity index (χ1v) is 26.7. The van der Waals surface area contributed by atoms with Crippen LogP contribution in [0.5, 0.6) is 0 Å². The first-order chi connectivity index (χ1) is 31.1. The van der Waals surface area contributed by atoms with Gasteiger partial charge in [-0.2, -0.15) is 32.1 Å². The second-order valence-corrected chi connectivity index (χ2v) is 19.2. The van der Waals surface area contributed by atoms with Crippen LogP contribution in [0.4, 0.5) is 56.0 Å². The topological polar surface area (TPSA) is 301 Å². The number of benzene rings is 2. The lowest BCUT2D eigenvalue weighted by Crippen LogP contribution is -2.21. The number of fused-ring (bicyclic) bond motifs is 2. The van der Waals surface area contributed by atoms with Gasteiger partial charge in [0.15, 0.2) is 15.2 Å². The van der Waals surface area contributed by atoms with Crippen molar-refractivity contribution in [1.29, 1.82) is 0 Å². The van der Waals surface area contributed by atoms with E-state index in [9.17, 15) is 13.0 Å². The van der Waals surface area contributed by atoms with Gasteiger partial charge in [0.05, 0.1) is 27.9 Å². The lowest BCUT2D eigenvalue weighted by atomic mass is 10.2. The number of nitrogens with one attached hydrogen (secondary N) is 2. The highest BCUT2D eigenvalue weighted by Gasteiger charge is 2.17. The highest BCUT2D eigenvalue weighted by Crippen LogP contribution is 2.40. The van der Waals surface area contributed by atoms with Gasteiger partial charge in [0.1, 0.15) is 21.0 Å². The number of hydrogen-bond donors (Lipinski definition) is 3. The normalized spacial score (nSPS) is 11.3. The molecule has 7 aromatic rings. The van der Waals surface area contributed by atoms with Gasteiger partial charge in [0.2, 0.25) is 11.9 Å². The van der Waals surface area contributed by atoms with Crippen LogP contribution in [0.15, 0.2) is 84.9 Å². The van der Waals surface area contributed by atoms with Gasteiger partial charge in [-0.1, -0.05) is 11.8 Å². The SMILES string of the molecule is CCN(CC)c1ccc(N=Nc2snc3sccc23)c(Nc2nc(Nc3cc(N(CC)CC)ccc3N=Nc3snc4sccc34)nc(SCCS(=O)(=O)O)n2)c1.O=S(=O)=O.O=S(=O)=O. The first kappa shape index (κ1) is 50.5. The van der Waals surface area contributed by atoms with Crippen LogP contribution in [-0.4, -0.2) is 99.6 Å². The highest BCUT2D eigenvalue weighted by atomic mass is 32.2. The van der Waals surface area contributed by atoms with Crippen molar-refractivity contribution in [2.24, 2.45) is 20.5 Å². The second kappa shape index (κ2) is 24.2. The number of nitrogens with zero attached hydrogens (tertiary/aromatic N) is 11. The largest absolute Gasteiger partial charge is 0.425 e. The smallest absolute Gasteiger partial charge is 0.372 e. The number of hydrogen-bond acceptors (Lipinski definition) is 26. The molecule has 0 amide bonds. The van der Waals surface area contributed by atoms with Crippen LogP contribution < -0.4 is 20.4 Å². The molecule has 5 heterocycles. The summed E-state index contributed by atoms with van der Waals surface area (Å²) in [5.41, 5.74) is 4.16. The molecule has 0 radical (unpaired) electrons. The van der Waals surface area contributed by atoms with Crippen molar-refractivity contribution in [3.63, 3.8) is 0 Å². The molecule has 0 fully saturated rings.